The van der Waals surface area contributed by atoms with Crippen molar-refractivity contribution in [2.24, 2.45) is 11.3 Å². The van der Waals surface area contributed by atoms with Gasteiger partial charge in [0, 0.05) is 7.05 Å². The lowest BCUT2D eigenvalue weighted by molar-refractivity contribution is -0.0553. The molecule has 0 rings (SSSR count). The standard InChI is InChI=1S/C10H23NO/c1-8(2)9(12-11-6)7-10(3,4)5/h8-9,11H,7H2,1-6H3/t9-/m0/s1. The fourth-order valence-corrected chi connectivity index (χ4v) is 1.17. The molecule has 0 aromatic carbocycles. The van der Waals surface area contributed by atoms with Crippen molar-refractivity contribution in [3.05, 3.63) is 0 Å². The van der Waals surface area contributed by atoms with Gasteiger partial charge in [-0.2, -0.15) is 0 Å². The van der Waals surface area contributed by atoms with Gasteiger partial charge in [-0.05, 0) is 17.8 Å². The Labute approximate surface area is 76.6 Å². The van der Waals surface area contributed by atoms with Crippen LogP contribution in [0.5, 0.6) is 0 Å². The lowest BCUT2D eigenvalue weighted by atomic mass is 9.86. The smallest absolute Gasteiger partial charge is 0.0818 e. The molecule has 0 saturated heterocycles. The van der Waals surface area contributed by atoms with Crippen LogP contribution in [-0.2, 0) is 4.84 Å². The van der Waals surface area contributed by atoms with Crippen LogP contribution in [0.4, 0.5) is 0 Å². The first-order valence-corrected chi connectivity index (χ1v) is 4.69. The molecule has 0 bridgehead atoms. The van der Waals surface area contributed by atoms with Crippen LogP contribution < -0.4 is 5.48 Å². The molecule has 0 unspecified atom stereocenters. The highest BCUT2D eigenvalue weighted by molar-refractivity contribution is 4.71. The fraction of sp³-hybridized carbons (Fsp3) is 1.00. The molecule has 0 fully saturated rings. The summed E-state index contributed by atoms with van der Waals surface area (Å²) in [6.45, 7) is 11.1. The Bertz CT molecular complexity index is 115. The summed E-state index contributed by atoms with van der Waals surface area (Å²) in [7, 11) is 1.82. The Hall–Kier alpha value is -0.0800. The minimum absolute atomic E-state index is 0.315. The van der Waals surface area contributed by atoms with Crippen molar-refractivity contribution in [3.63, 3.8) is 0 Å². The number of rotatable bonds is 4. The minimum atomic E-state index is 0.315. The van der Waals surface area contributed by atoms with Crippen molar-refractivity contribution < 1.29 is 4.84 Å². The van der Waals surface area contributed by atoms with Gasteiger partial charge in [0.05, 0.1) is 6.10 Å². The van der Waals surface area contributed by atoms with Crippen LogP contribution in [0.3, 0.4) is 0 Å². The van der Waals surface area contributed by atoms with Crippen molar-refractivity contribution in [2.75, 3.05) is 7.05 Å². The van der Waals surface area contributed by atoms with Crippen LogP contribution in [0.15, 0.2) is 0 Å². The van der Waals surface area contributed by atoms with Crippen LogP contribution in [0, 0.1) is 11.3 Å². The molecular formula is C10H23NO. The Kier molecular flexibility index (Phi) is 4.80. The Morgan fingerprint density at radius 3 is 2.00 bits per heavy atom. The van der Waals surface area contributed by atoms with E-state index in [0.29, 0.717) is 17.4 Å². The summed E-state index contributed by atoms with van der Waals surface area (Å²) in [6.07, 6.45) is 1.40. The normalized spacial score (nSPS) is 15.2. The topological polar surface area (TPSA) is 21.3 Å². The quantitative estimate of drug-likeness (QED) is 0.660. The largest absolute Gasteiger partial charge is 0.298 e. The molecule has 0 saturated carbocycles. The number of hydrogen-bond donors (Lipinski definition) is 1. The van der Waals surface area contributed by atoms with Gasteiger partial charge >= 0.3 is 0 Å². The molecule has 12 heavy (non-hydrogen) atoms. The minimum Gasteiger partial charge on any atom is -0.298 e. The van der Waals surface area contributed by atoms with Crippen LogP contribution in [0.25, 0.3) is 0 Å². The van der Waals surface area contributed by atoms with Crippen molar-refractivity contribution in [2.45, 2.75) is 47.1 Å². The van der Waals surface area contributed by atoms with Crippen molar-refractivity contribution >= 4 is 0 Å². The fourth-order valence-electron chi connectivity index (χ4n) is 1.17. The average Bonchev–Trinajstić information content (AvgIpc) is 1.83. The maximum absolute atomic E-state index is 5.43. The van der Waals surface area contributed by atoms with Gasteiger partial charge in [0.15, 0.2) is 0 Å². The monoisotopic (exact) mass is 173 g/mol. The predicted molar refractivity (Wildman–Crippen MR) is 52.8 cm³/mol. The lowest BCUT2D eigenvalue weighted by Gasteiger charge is -2.27. The first-order chi connectivity index (χ1) is 5.37. The maximum Gasteiger partial charge on any atom is 0.0818 e. The van der Waals surface area contributed by atoms with Gasteiger partial charge in [-0.25, -0.2) is 5.48 Å². The zero-order chi connectivity index (χ0) is 9.78. The molecule has 1 atom stereocenters. The molecular weight excluding hydrogens is 150 g/mol. The van der Waals surface area contributed by atoms with Crippen LogP contribution >= 0.6 is 0 Å². The van der Waals surface area contributed by atoms with Crippen LogP contribution in [-0.4, -0.2) is 13.2 Å². The number of nitrogens with one attached hydrogen (secondary N) is 1. The first kappa shape index (κ1) is 11.9. The molecule has 0 aromatic rings. The van der Waals surface area contributed by atoms with Gasteiger partial charge in [0.1, 0.15) is 0 Å². The van der Waals surface area contributed by atoms with E-state index < -0.39 is 0 Å². The summed E-state index contributed by atoms with van der Waals surface area (Å²) in [5.41, 5.74) is 3.11. The summed E-state index contributed by atoms with van der Waals surface area (Å²) in [5.74, 6) is 0.566. The second-order valence-electron chi connectivity index (χ2n) is 4.87. The molecule has 0 aromatic heterocycles. The molecule has 74 valence electrons. The van der Waals surface area contributed by atoms with E-state index >= 15 is 0 Å². The SMILES string of the molecule is CNO[C@@H](CC(C)(C)C)C(C)C. The second kappa shape index (κ2) is 4.83. The van der Waals surface area contributed by atoms with E-state index in [4.69, 9.17) is 4.84 Å². The summed E-state index contributed by atoms with van der Waals surface area (Å²) in [4.78, 5) is 5.43. The molecule has 2 nitrogen and oxygen atoms in total. The first-order valence-electron chi connectivity index (χ1n) is 4.69. The van der Waals surface area contributed by atoms with Gasteiger partial charge in [-0.1, -0.05) is 34.6 Å². The second-order valence-corrected chi connectivity index (χ2v) is 4.87. The van der Waals surface area contributed by atoms with Crippen LogP contribution in [0.2, 0.25) is 0 Å². The number of hydroxylamine groups is 1. The van der Waals surface area contributed by atoms with Crippen molar-refractivity contribution in [3.8, 4) is 0 Å². The highest BCUT2D eigenvalue weighted by atomic mass is 16.7. The summed E-state index contributed by atoms with van der Waals surface area (Å²) < 4.78 is 0. The van der Waals surface area contributed by atoms with Gasteiger partial charge in [0.25, 0.3) is 0 Å². The Morgan fingerprint density at radius 1 is 1.25 bits per heavy atom. The van der Waals surface area contributed by atoms with Crippen LogP contribution in [0.1, 0.15) is 41.0 Å². The zero-order valence-electron chi connectivity index (χ0n) is 9.27. The maximum atomic E-state index is 5.43. The van der Waals surface area contributed by atoms with E-state index in [-0.39, 0.29) is 0 Å². The van der Waals surface area contributed by atoms with E-state index in [1.165, 1.54) is 0 Å². The van der Waals surface area contributed by atoms with Crippen molar-refractivity contribution in [1.29, 1.82) is 0 Å². The summed E-state index contributed by atoms with van der Waals surface area (Å²) >= 11 is 0. The number of hydrogen-bond acceptors (Lipinski definition) is 2. The molecule has 0 amide bonds. The molecule has 0 aliphatic rings. The average molecular weight is 173 g/mol. The third-order valence-electron chi connectivity index (χ3n) is 1.83. The highest BCUT2D eigenvalue weighted by Gasteiger charge is 2.21. The zero-order valence-corrected chi connectivity index (χ0v) is 9.27. The molecule has 1 N–H and O–H groups in total. The van der Waals surface area contributed by atoms with E-state index in [1.54, 1.807) is 0 Å². The van der Waals surface area contributed by atoms with Gasteiger partial charge in [0.2, 0.25) is 0 Å². The van der Waals surface area contributed by atoms with Gasteiger partial charge in [-0.15, -0.1) is 0 Å². The molecule has 0 radical (unpaired) electrons. The lowest BCUT2D eigenvalue weighted by Crippen LogP contribution is -2.30. The van der Waals surface area contributed by atoms with E-state index in [1.807, 2.05) is 7.05 Å². The molecule has 0 spiro atoms. The third-order valence-corrected chi connectivity index (χ3v) is 1.83. The van der Waals surface area contributed by atoms with E-state index in [2.05, 4.69) is 40.1 Å². The summed E-state index contributed by atoms with van der Waals surface area (Å²) in [6, 6.07) is 0. The van der Waals surface area contributed by atoms with Crippen molar-refractivity contribution in [1.82, 2.24) is 5.48 Å². The predicted octanol–water partition coefficient (Wildman–Crippen LogP) is 2.60. The Morgan fingerprint density at radius 2 is 1.75 bits per heavy atom. The van der Waals surface area contributed by atoms with Gasteiger partial charge < -0.3 is 0 Å². The van der Waals surface area contributed by atoms with Gasteiger partial charge in [-0.3, -0.25) is 4.84 Å². The molecule has 2 heteroatoms. The third kappa shape index (κ3) is 5.56. The highest BCUT2D eigenvalue weighted by Crippen LogP contribution is 2.25. The van der Waals surface area contributed by atoms with E-state index in [9.17, 15) is 0 Å². The molecule has 0 aliphatic heterocycles. The van der Waals surface area contributed by atoms with E-state index in [0.717, 1.165) is 6.42 Å². The summed E-state index contributed by atoms with van der Waals surface area (Å²) in [5, 5.41) is 0. The molecule has 0 aliphatic carbocycles. The Balaban J connectivity index is 3.95. The molecule has 0 heterocycles.